The highest BCUT2D eigenvalue weighted by Gasteiger charge is 2.20. The number of benzene rings is 1. The maximum absolute atomic E-state index is 11.7. The van der Waals surface area contributed by atoms with E-state index in [1.54, 1.807) is 19.2 Å². The molecule has 1 unspecified atom stereocenters. The molecule has 0 aliphatic rings. The molecule has 0 amide bonds. The third kappa shape index (κ3) is 5.85. The molecular formula is C15H22O4. The van der Waals surface area contributed by atoms with Gasteiger partial charge in [0.15, 0.2) is 5.79 Å². The van der Waals surface area contributed by atoms with Crippen LogP contribution in [0.4, 0.5) is 0 Å². The molecule has 0 bridgehead atoms. The van der Waals surface area contributed by atoms with Crippen LogP contribution < -0.4 is 0 Å². The summed E-state index contributed by atoms with van der Waals surface area (Å²) in [6, 6.07) is 8.94. The van der Waals surface area contributed by atoms with E-state index in [1.807, 2.05) is 39.0 Å². The van der Waals surface area contributed by atoms with Crippen LogP contribution in [-0.4, -0.2) is 31.6 Å². The SMILES string of the molecule is COC(C)(C)OC(C)CCOC(=O)c1ccccc1. The van der Waals surface area contributed by atoms with Gasteiger partial charge < -0.3 is 14.2 Å². The van der Waals surface area contributed by atoms with E-state index in [4.69, 9.17) is 14.2 Å². The van der Waals surface area contributed by atoms with E-state index >= 15 is 0 Å². The second-order valence-corrected chi connectivity index (χ2v) is 4.82. The van der Waals surface area contributed by atoms with Crippen LogP contribution >= 0.6 is 0 Å². The first kappa shape index (κ1) is 15.7. The van der Waals surface area contributed by atoms with E-state index in [-0.39, 0.29) is 12.1 Å². The summed E-state index contributed by atoms with van der Waals surface area (Å²) >= 11 is 0. The first-order chi connectivity index (χ1) is 8.94. The van der Waals surface area contributed by atoms with Crippen molar-refractivity contribution in [3.05, 3.63) is 35.9 Å². The van der Waals surface area contributed by atoms with Gasteiger partial charge >= 0.3 is 5.97 Å². The van der Waals surface area contributed by atoms with E-state index < -0.39 is 5.79 Å². The molecule has 0 heterocycles. The number of ether oxygens (including phenoxy) is 3. The van der Waals surface area contributed by atoms with Crippen LogP contribution in [0.5, 0.6) is 0 Å². The molecule has 0 saturated heterocycles. The van der Waals surface area contributed by atoms with Crippen molar-refractivity contribution in [2.75, 3.05) is 13.7 Å². The average molecular weight is 266 g/mol. The lowest BCUT2D eigenvalue weighted by atomic mass is 10.2. The summed E-state index contributed by atoms with van der Waals surface area (Å²) in [5, 5.41) is 0. The number of carbonyl (C=O) groups is 1. The molecule has 1 rings (SSSR count). The number of esters is 1. The number of carbonyl (C=O) groups excluding carboxylic acids is 1. The molecular weight excluding hydrogens is 244 g/mol. The van der Waals surface area contributed by atoms with Crippen molar-refractivity contribution >= 4 is 5.97 Å². The minimum Gasteiger partial charge on any atom is -0.462 e. The quantitative estimate of drug-likeness (QED) is 0.562. The number of hydrogen-bond acceptors (Lipinski definition) is 4. The Kier molecular flexibility index (Phi) is 5.99. The Balaban J connectivity index is 2.29. The van der Waals surface area contributed by atoms with Gasteiger partial charge in [0, 0.05) is 13.5 Å². The molecule has 0 spiro atoms. The minimum absolute atomic E-state index is 0.0430. The predicted molar refractivity (Wildman–Crippen MR) is 73.0 cm³/mol. The first-order valence-electron chi connectivity index (χ1n) is 6.40. The number of hydrogen-bond donors (Lipinski definition) is 0. The smallest absolute Gasteiger partial charge is 0.338 e. The largest absolute Gasteiger partial charge is 0.462 e. The Morgan fingerprint density at radius 1 is 1.26 bits per heavy atom. The molecule has 1 aromatic carbocycles. The van der Waals surface area contributed by atoms with E-state index in [0.29, 0.717) is 18.6 Å². The summed E-state index contributed by atoms with van der Waals surface area (Å²) in [6.07, 6.45) is 0.587. The Morgan fingerprint density at radius 3 is 2.47 bits per heavy atom. The maximum Gasteiger partial charge on any atom is 0.338 e. The minimum atomic E-state index is -0.622. The van der Waals surface area contributed by atoms with Crippen molar-refractivity contribution in [3.8, 4) is 0 Å². The van der Waals surface area contributed by atoms with Gasteiger partial charge in [-0.3, -0.25) is 0 Å². The fraction of sp³-hybridized carbons (Fsp3) is 0.533. The zero-order valence-corrected chi connectivity index (χ0v) is 12.0. The fourth-order valence-electron chi connectivity index (χ4n) is 1.57. The van der Waals surface area contributed by atoms with Crippen LogP contribution in [-0.2, 0) is 14.2 Å². The van der Waals surface area contributed by atoms with Crippen LogP contribution in [0.2, 0.25) is 0 Å². The fourth-order valence-corrected chi connectivity index (χ4v) is 1.57. The summed E-state index contributed by atoms with van der Waals surface area (Å²) < 4.78 is 16.0. The van der Waals surface area contributed by atoms with Crippen LogP contribution in [0.15, 0.2) is 30.3 Å². The average Bonchev–Trinajstić information content (AvgIpc) is 2.39. The number of rotatable bonds is 7. The molecule has 19 heavy (non-hydrogen) atoms. The topological polar surface area (TPSA) is 44.8 Å². The molecule has 106 valence electrons. The molecule has 1 aromatic rings. The Hall–Kier alpha value is -1.39. The van der Waals surface area contributed by atoms with Crippen molar-refractivity contribution in [3.63, 3.8) is 0 Å². The summed E-state index contributed by atoms with van der Waals surface area (Å²) in [5.41, 5.74) is 0.563. The lowest BCUT2D eigenvalue weighted by Crippen LogP contribution is -2.31. The zero-order valence-electron chi connectivity index (χ0n) is 12.0. The molecule has 0 aliphatic heterocycles. The van der Waals surface area contributed by atoms with Crippen molar-refractivity contribution in [2.24, 2.45) is 0 Å². The highest BCUT2D eigenvalue weighted by Crippen LogP contribution is 2.14. The monoisotopic (exact) mass is 266 g/mol. The maximum atomic E-state index is 11.7. The normalized spacial score (nSPS) is 13.1. The lowest BCUT2D eigenvalue weighted by Gasteiger charge is -2.27. The predicted octanol–water partition coefficient (Wildman–Crippen LogP) is 3.02. The summed E-state index contributed by atoms with van der Waals surface area (Å²) in [5.74, 6) is -0.929. The van der Waals surface area contributed by atoms with Crippen LogP contribution in [0, 0.1) is 0 Å². The third-order valence-electron chi connectivity index (χ3n) is 2.74. The van der Waals surface area contributed by atoms with Gasteiger partial charge in [0.25, 0.3) is 0 Å². The van der Waals surface area contributed by atoms with Crippen molar-refractivity contribution in [1.82, 2.24) is 0 Å². The molecule has 1 atom stereocenters. The van der Waals surface area contributed by atoms with Gasteiger partial charge in [-0.1, -0.05) is 18.2 Å². The number of methoxy groups -OCH3 is 1. The van der Waals surface area contributed by atoms with Crippen molar-refractivity contribution in [1.29, 1.82) is 0 Å². The van der Waals surface area contributed by atoms with Crippen molar-refractivity contribution in [2.45, 2.75) is 39.1 Å². The van der Waals surface area contributed by atoms with E-state index in [2.05, 4.69) is 0 Å². The molecule has 0 aromatic heterocycles. The highest BCUT2D eigenvalue weighted by molar-refractivity contribution is 5.89. The van der Waals surface area contributed by atoms with Crippen LogP contribution in [0.25, 0.3) is 0 Å². The van der Waals surface area contributed by atoms with Gasteiger partial charge in [0.05, 0.1) is 18.3 Å². The van der Waals surface area contributed by atoms with Gasteiger partial charge in [-0.25, -0.2) is 4.79 Å². The molecule has 4 heteroatoms. The molecule has 0 saturated carbocycles. The highest BCUT2D eigenvalue weighted by atomic mass is 16.7. The van der Waals surface area contributed by atoms with Gasteiger partial charge in [-0.2, -0.15) is 0 Å². The molecule has 0 aliphatic carbocycles. The second kappa shape index (κ2) is 7.26. The van der Waals surface area contributed by atoms with Crippen LogP contribution in [0.1, 0.15) is 37.6 Å². The van der Waals surface area contributed by atoms with E-state index in [1.165, 1.54) is 0 Å². The Morgan fingerprint density at radius 2 is 1.89 bits per heavy atom. The van der Waals surface area contributed by atoms with E-state index in [0.717, 1.165) is 0 Å². The van der Waals surface area contributed by atoms with Gasteiger partial charge in [0.1, 0.15) is 0 Å². The van der Waals surface area contributed by atoms with Gasteiger partial charge in [-0.15, -0.1) is 0 Å². The third-order valence-corrected chi connectivity index (χ3v) is 2.74. The zero-order chi connectivity index (χ0) is 14.3. The first-order valence-corrected chi connectivity index (χ1v) is 6.40. The summed E-state index contributed by atoms with van der Waals surface area (Å²) in [7, 11) is 1.60. The Bertz CT molecular complexity index is 386. The van der Waals surface area contributed by atoms with Gasteiger partial charge in [-0.05, 0) is 32.9 Å². The summed E-state index contributed by atoms with van der Waals surface area (Å²) in [4.78, 5) is 11.7. The lowest BCUT2D eigenvalue weighted by molar-refractivity contribution is -0.221. The summed E-state index contributed by atoms with van der Waals surface area (Å²) in [6.45, 7) is 5.95. The molecule has 0 fully saturated rings. The van der Waals surface area contributed by atoms with E-state index in [9.17, 15) is 4.79 Å². The molecule has 4 nitrogen and oxygen atoms in total. The second-order valence-electron chi connectivity index (χ2n) is 4.82. The molecule has 0 radical (unpaired) electrons. The Labute approximate surface area is 114 Å². The van der Waals surface area contributed by atoms with Crippen LogP contribution in [0.3, 0.4) is 0 Å². The standard InChI is InChI=1S/C15H22O4/c1-12(19-15(2,3)17-4)10-11-18-14(16)13-8-6-5-7-9-13/h5-9,12H,10-11H2,1-4H3. The van der Waals surface area contributed by atoms with Gasteiger partial charge in [0.2, 0.25) is 0 Å². The van der Waals surface area contributed by atoms with Crippen molar-refractivity contribution < 1.29 is 19.0 Å². The molecule has 0 N–H and O–H groups in total.